The summed E-state index contributed by atoms with van der Waals surface area (Å²) >= 11 is 0. The molecule has 0 spiro atoms. The van der Waals surface area contributed by atoms with Crippen molar-refractivity contribution in [3.8, 4) is 0 Å². The summed E-state index contributed by atoms with van der Waals surface area (Å²) in [6.07, 6.45) is 9.65. The maximum Gasteiger partial charge on any atom is 0.0373 e. The van der Waals surface area contributed by atoms with Gasteiger partial charge in [0.05, 0.1) is 0 Å². The van der Waals surface area contributed by atoms with Crippen LogP contribution in [-0.4, -0.2) is 23.5 Å². The number of aryl methyl sites for hydroxylation is 1. The SMILES string of the molecule is C=C/C=C(\C(=C)/C=C\N(C)CC)c1ccc(C)nc1. The Hall–Kier alpha value is -2.09. The van der Waals surface area contributed by atoms with Crippen LogP contribution in [0.2, 0.25) is 0 Å². The first-order valence-corrected chi connectivity index (χ1v) is 6.42. The van der Waals surface area contributed by atoms with E-state index in [9.17, 15) is 0 Å². The van der Waals surface area contributed by atoms with Gasteiger partial charge < -0.3 is 4.90 Å². The number of allylic oxidation sites excluding steroid dienone is 5. The Morgan fingerprint density at radius 1 is 1.42 bits per heavy atom. The van der Waals surface area contributed by atoms with Gasteiger partial charge in [0.1, 0.15) is 0 Å². The van der Waals surface area contributed by atoms with E-state index in [0.29, 0.717) is 0 Å². The van der Waals surface area contributed by atoms with Crippen LogP contribution in [-0.2, 0) is 0 Å². The third-order valence-corrected chi connectivity index (χ3v) is 2.88. The number of rotatable bonds is 6. The molecule has 0 aliphatic heterocycles. The summed E-state index contributed by atoms with van der Waals surface area (Å²) in [6.45, 7) is 12.9. The number of nitrogens with zero attached hydrogens (tertiary/aromatic N) is 2. The molecular formula is C17H22N2. The maximum atomic E-state index is 4.33. The quantitative estimate of drug-likeness (QED) is 0.714. The van der Waals surface area contributed by atoms with Gasteiger partial charge in [-0.25, -0.2) is 0 Å². The highest BCUT2D eigenvalue weighted by molar-refractivity contribution is 5.81. The standard InChI is InChI=1S/C17H22N2/c1-6-8-17(14(3)11-12-19(5)7-2)16-10-9-15(4)18-13-16/h6,8-13H,1,3,7H2,2,4-5H3/b12-11-,17-8+. The Morgan fingerprint density at radius 2 is 2.16 bits per heavy atom. The molecule has 19 heavy (non-hydrogen) atoms. The summed E-state index contributed by atoms with van der Waals surface area (Å²) in [5.41, 5.74) is 4.06. The van der Waals surface area contributed by atoms with Gasteiger partial charge in [-0.3, -0.25) is 4.98 Å². The molecule has 2 nitrogen and oxygen atoms in total. The van der Waals surface area contributed by atoms with Crippen LogP contribution >= 0.6 is 0 Å². The van der Waals surface area contributed by atoms with Crippen LogP contribution in [0.5, 0.6) is 0 Å². The Morgan fingerprint density at radius 3 is 2.68 bits per heavy atom. The zero-order chi connectivity index (χ0) is 14.3. The summed E-state index contributed by atoms with van der Waals surface area (Å²) in [7, 11) is 2.04. The second kappa shape index (κ2) is 7.37. The molecule has 1 rings (SSSR count). The lowest BCUT2D eigenvalue weighted by Crippen LogP contribution is -2.08. The fraction of sp³-hybridized carbons (Fsp3) is 0.235. The highest BCUT2D eigenvalue weighted by atomic mass is 15.1. The molecule has 0 saturated heterocycles. The van der Waals surface area contributed by atoms with E-state index in [-0.39, 0.29) is 0 Å². The number of pyridine rings is 1. The normalized spacial score (nSPS) is 11.6. The molecule has 0 atom stereocenters. The van der Waals surface area contributed by atoms with Crippen molar-refractivity contribution in [2.45, 2.75) is 13.8 Å². The lowest BCUT2D eigenvalue weighted by Gasteiger charge is -2.11. The highest BCUT2D eigenvalue weighted by Gasteiger charge is 2.03. The van der Waals surface area contributed by atoms with E-state index in [1.807, 2.05) is 44.6 Å². The van der Waals surface area contributed by atoms with Crippen molar-refractivity contribution < 1.29 is 0 Å². The van der Waals surface area contributed by atoms with Crippen LogP contribution in [0.3, 0.4) is 0 Å². The summed E-state index contributed by atoms with van der Waals surface area (Å²) < 4.78 is 0. The first kappa shape index (κ1) is 15.0. The van der Waals surface area contributed by atoms with Gasteiger partial charge in [-0.2, -0.15) is 0 Å². The summed E-state index contributed by atoms with van der Waals surface area (Å²) in [5.74, 6) is 0. The van der Waals surface area contributed by atoms with Crippen LogP contribution in [0.25, 0.3) is 5.57 Å². The highest BCUT2D eigenvalue weighted by Crippen LogP contribution is 2.22. The van der Waals surface area contributed by atoms with Crippen LogP contribution in [0.4, 0.5) is 0 Å². The van der Waals surface area contributed by atoms with E-state index in [4.69, 9.17) is 0 Å². The van der Waals surface area contributed by atoms with E-state index in [2.05, 4.69) is 36.0 Å². The minimum Gasteiger partial charge on any atom is -0.381 e. The van der Waals surface area contributed by atoms with Crippen molar-refractivity contribution in [2.75, 3.05) is 13.6 Å². The molecule has 0 radical (unpaired) electrons. The molecule has 0 unspecified atom stereocenters. The molecule has 0 saturated carbocycles. The molecule has 0 aromatic carbocycles. The smallest absolute Gasteiger partial charge is 0.0373 e. The summed E-state index contributed by atoms with van der Waals surface area (Å²) in [6, 6.07) is 4.06. The fourth-order valence-corrected chi connectivity index (χ4v) is 1.55. The monoisotopic (exact) mass is 254 g/mol. The predicted molar refractivity (Wildman–Crippen MR) is 83.7 cm³/mol. The molecule has 1 heterocycles. The minimum absolute atomic E-state index is 0.950. The van der Waals surface area contributed by atoms with E-state index in [1.54, 1.807) is 6.08 Å². The van der Waals surface area contributed by atoms with E-state index in [1.165, 1.54) is 0 Å². The summed E-state index contributed by atoms with van der Waals surface area (Å²) in [4.78, 5) is 6.43. The first-order chi connectivity index (χ1) is 9.08. The lowest BCUT2D eigenvalue weighted by atomic mass is 10.00. The average molecular weight is 254 g/mol. The van der Waals surface area contributed by atoms with Crippen LogP contribution < -0.4 is 0 Å². The second-order valence-electron chi connectivity index (χ2n) is 4.42. The van der Waals surface area contributed by atoms with Gasteiger partial charge >= 0.3 is 0 Å². The zero-order valence-corrected chi connectivity index (χ0v) is 12.1. The van der Waals surface area contributed by atoms with Crippen LogP contribution in [0, 0.1) is 6.92 Å². The summed E-state index contributed by atoms with van der Waals surface area (Å²) in [5, 5.41) is 0. The molecule has 0 aliphatic rings. The van der Waals surface area contributed by atoms with Crippen molar-refractivity contribution >= 4 is 5.57 Å². The van der Waals surface area contributed by atoms with Crippen molar-refractivity contribution in [3.63, 3.8) is 0 Å². The van der Waals surface area contributed by atoms with Gasteiger partial charge in [-0.1, -0.05) is 31.4 Å². The zero-order valence-electron chi connectivity index (χ0n) is 12.1. The van der Waals surface area contributed by atoms with Gasteiger partial charge in [-0.15, -0.1) is 0 Å². The molecular weight excluding hydrogens is 232 g/mol. The van der Waals surface area contributed by atoms with Gasteiger partial charge in [0, 0.05) is 31.0 Å². The van der Waals surface area contributed by atoms with E-state index < -0.39 is 0 Å². The molecule has 1 aromatic heterocycles. The lowest BCUT2D eigenvalue weighted by molar-refractivity contribution is 0.484. The molecule has 2 heteroatoms. The van der Waals surface area contributed by atoms with Crippen molar-refractivity contribution in [3.05, 3.63) is 72.7 Å². The largest absolute Gasteiger partial charge is 0.381 e. The minimum atomic E-state index is 0.950. The average Bonchev–Trinajstić information content (AvgIpc) is 2.43. The van der Waals surface area contributed by atoms with Crippen molar-refractivity contribution in [1.29, 1.82) is 0 Å². The number of hydrogen-bond acceptors (Lipinski definition) is 2. The van der Waals surface area contributed by atoms with E-state index >= 15 is 0 Å². The van der Waals surface area contributed by atoms with Crippen molar-refractivity contribution in [2.24, 2.45) is 0 Å². The Labute approximate surface area is 116 Å². The number of aromatic nitrogens is 1. The molecule has 0 amide bonds. The molecule has 0 aliphatic carbocycles. The van der Waals surface area contributed by atoms with Crippen molar-refractivity contribution in [1.82, 2.24) is 9.88 Å². The molecule has 1 aromatic rings. The van der Waals surface area contributed by atoms with Crippen LogP contribution in [0.15, 0.2) is 61.5 Å². The predicted octanol–water partition coefficient (Wildman–Crippen LogP) is 3.98. The number of hydrogen-bond donors (Lipinski definition) is 0. The Balaban J connectivity index is 2.99. The van der Waals surface area contributed by atoms with E-state index in [0.717, 1.165) is 28.9 Å². The molecule has 0 N–H and O–H groups in total. The maximum absolute atomic E-state index is 4.33. The third kappa shape index (κ3) is 4.59. The topological polar surface area (TPSA) is 16.1 Å². The van der Waals surface area contributed by atoms with Gasteiger partial charge in [-0.05, 0) is 43.3 Å². The van der Waals surface area contributed by atoms with Gasteiger partial charge in [0.25, 0.3) is 0 Å². The molecule has 0 fully saturated rings. The van der Waals surface area contributed by atoms with Gasteiger partial charge in [0.2, 0.25) is 0 Å². The first-order valence-electron chi connectivity index (χ1n) is 6.42. The second-order valence-corrected chi connectivity index (χ2v) is 4.42. The fourth-order valence-electron chi connectivity index (χ4n) is 1.55. The Kier molecular flexibility index (Phi) is 5.80. The Bertz CT molecular complexity index is 492. The third-order valence-electron chi connectivity index (χ3n) is 2.88. The van der Waals surface area contributed by atoms with Gasteiger partial charge in [0.15, 0.2) is 0 Å². The molecule has 100 valence electrons. The molecule has 0 bridgehead atoms. The van der Waals surface area contributed by atoms with Crippen LogP contribution in [0.1, 0.15) is 18.2 Å².